The molecule has 0 bridgehead atoms. The van der Waals surface area contributed by atoms with Crippen LogP contribution in [0.1, 0.15) is 37.8 Å². The molecule has 0 heterocycles. The van der Waals surface area contributed by atoms with Crippen LogP contribution in [0.2, 0.25) is 0 Å². The molecule has 1 aliphatic carbocycles. The van der Waals surface area contributed by atoms with Crippen molar-refractivity contribution in [1.82, 2.24) is 5.32 Å². The summed E-state index contributed by atoms with van der Waals surface area (Å²) in [5.41, 5.74) is 1.43. The highest BCUT2D eigenvalue weighted by Gasteiger charge is 2.24. The molecule has 0 radical (unpaired) electrons. The summed E-state index contributed by atoms with van der Waals surface area (Å²) in [6.45, 7) is 2.24. The molecule has 0 spiro atoms. The summed E-state index contributed by atoms with van der Waals surface area (Å²) in [4.78, 5) is 0. The molecule has 1 atom stereocenters. The molecule has 1 saturated carbocycles. The van der Waals surface area contributed by atoms with E-state index in [2.05, 4.69) is 42.6 Å². The number of hydrogen-bond donors (Lipinski definition) is 1. The van der Waals surface area contributed by atoms with E-state index in [1.54, 1.807) is 0 Å². The molecule has 0 aromatic heterocycles. The largest absolute Gasteiger partial charge is 0.307 e. The molecule has 1 unspecified atom stereocenters. The van der Waals surface area contributed by atoms with Gasteiger partial charge in [-0.15, -0.1) is 0 Å². The Bertz CT molecular complexity index is 251. The van der Waals surface area contributed by atoms with Crippen LogP contribution in [0.4, 0.5) is 0 Å². The first kappa shape index (κ1) is 8.76. The van der Waals surface area contributed by atoms with Crippen LogP contribution in [-0.2, 0) is 0 Å². The Kier molecular flexibility index (Phi) is 2.65. The van der Waals surface area contributed by atoms with Gasteiger partial charge in [-0.1, -0.05) is 37.3 Å². The first-order chi connectivity index (χ1) is 6.40. The van der Waals surface area contributed by atoms with Gasteiger partial charge in [0.15, 0.2) is 0 Å². The number of nitrogens with one attached hydrogen (secondary N) is 1. The Morgan fingerprint density at radius 1 is 1.31 bits per heavy atom. The minimum absolute atomic E-state index is 0.564. The second-order valence-electron chi connectivity index (χ2n) is 3.81. The molecule has 1 aromatic carbocycles. The van der Waals surface area contributed by atoms with Crippen molar-refractivity contribution < 1.29 is 0 Å². The van der Waals surface area contributed by atoms with E-state index in [0.29, 0.717) is 6.04 Å². The van der Waals surface area contributed by atoms with Crippen LogP contribution < -0.4 is 5.32 Å². The fourth-order valence-electron chi connectivity index (χ4n) is 1.67. The van der Waals surface area contributed by atoms with Gasteiger partial charge in [-0.2, -0.15) is 0 Å². The zero-order valence-electron chi connectivity index (χ0n) is 8.16. The van der Waals surface area contributed by atoms with E-state index in [1.165, 1.54) is 24.8 Å². The Balaban J connectivity index is 2.02. The van der Waals surface area contributed by atoms with Gasteiger partial charge >= 0.3 is 0 Å². The fraction of sp³-hybridized carbons (Fsp3) is 0.500. The van der Waals surface area contributed by atoms with Crippen LogP contribution in [-0.4, -0.2) is 6.04 Å². The van der Waals surface area contributed by atoms with Gasteiger partial charge in [0.05, 0.1) is 0 Å². The van der Waals surface area contributed by atoms with E-state index >= 15 is 0 Å². The molecule has 1 N–H and O–H groups in total. The SMILES string of the molecule is CCC(NC1CC1)c1ccccc1. The summed E-state index contributed by atoms with van der Waals surface area (Å²) in [6, 6.07) is 12.1. The lowest BCUT2D eigenvalue weighted by atomic mass is 10.0. The lowest BCUT2D eigenvalue weighted by Gasteiger charge is -2.16. The summed E-state index contributed by atoms with van der Waals surface area (Å²) >= 11 is 0. The third kappa shape index (κ3) is 2.31. The maximum atomic E-state index is 3.66. The smallest absolute Gasteiger partial charge is 0.0320 e. The van der Waals surface area contributed by atoms with Gasteiger partial charge in [0, 0.05) is 12.1 Å². The van der Waals surface area contributed by atoms with Gasteiger partial charge in [0.1, 0.15) is 0 Å². The number of benzene rings is 1. The Hall–Kier alpha value is -0.820. The minimum atomic E-state index is 0.564. The molecule has 2 rings (SSSR count). The van der Waals surface area contributed by atoms with Crippen LogP contribution >= 0.6 is 0 Å². The average molecular weight is 175 g/mol. The number of hydrogen-bond acceptors (Lipinski definition) is 1. The second-order valence-corrected chi connectivity index (χ2v) is 3.81. The molecule has 1 aromatic rings. The van der Waals surface area contributed by atoms with E-state index in [9.17, 15) is 0 Å². The monoisotopic (exact) mass is 175 g/mol. The van der Waals surface area contributed by atoms with Crippen molar-refractivity contribution in [3.05, 3.63) is 35.9 Å². The molecule has 70 valence electrons. The zero-order chi connectivity index (χ0) is 9.10. The van der Waals surface area contributed by atoms with E-state index in [4.69, 9.17) is 0 Å². The van der Waals surface area contributed by atoms with Crippen molar-refractivity contribution in [2.75, 3.05) is 0 Å². The summed E-state index contributed by atoms with van der Waals surface area (Å²) in [6.07, 6.45) is 3.91. The predicted molar refractivity (Wildman–Crippen MR) is 55.6 cm³/mol. The van der Waals surface area contributed by atoms with E-state index < -0.39 is 0 Å². The molecule has 0 aliphatic heterocycles. The second kappa shape index (κ2) is 3.93. The summed E-state index contributed by atoms with van der Waals surface area (Å²) in [7, 11) is 0. The lowest BCUT2D eigenvalue weighted by Crippen LogP contribution is -2.22. The molecule has 13 heavy (non-hydrogen) atoms. The Morgan fingerprint density at radius 2 is 2.00 bits per heavy atom. The third-order valence-corrected chi connectivity index (χ3v) is 2.62. The number of rotatable bonds is 4. The quantitative estimate of drug-likeness (QED) is 0.742. The zero-order valence-corrected chi connectivity index (χ0v) is 8.16. The highest BCUT2D eigenvalue weighted by Crippen LogP contribution is 2.25. The van der Waals surface area contributed by atoms with E-state index in [-0.39, 0.29) is 0 Å². The molecule has 0 saturated heterocycles. The Labute approximate surface area is 80.2 Å². The maximum absolute atomic E-state index is 3.66. The van der Waals surface area contributed by atoms with Crippen LogP contribution in [0.15, 0.2) is 30.3 Å². The van der Waals surface area contributed by atoms with Gasteiger partial charge in [0.2, 0.25) is 0 Å². The summed E-state index contributed by atoms with van der Waals surface area (Å²) in [5, 5.41) is 3.66. The summed E-state index contributed by atoms with van der Waals surface area (Å²) in [5.74, 6) is 0. The van der Waals surface area contributed by atoms with Crippen molar-refractivity contribution in [3.63, 3.8) is 0 Å². The third-order valence-electron chi connectivity index (χ3n) is 2.62. The van der Waals surface area contributed by atoms with Crippen molar-refractivity contribution in [1.29, 1.82) is 0 Å². The van der Waals surface area contributed by atoms with Crippen molar-refractivity contribution in [2.45, 2.75) is 38.3 Å². The van der Waals surface area contributed by atoms with Gasteiger partial charge in [-0.3, -0.25) is 0 Å². The lowest BCUT2D eigenvalue weighted by molar-refractivity contribution is 0.516. The van der Waals surface area contributed by atoms with Crippen LogP contribution in [0.25, 0.3) is 0 Å². The highest BCUT2D eigenvalue weighted by atomic mass is 15.0. The first-order valence-electron chi connectivity index (χ1n) is 5.21. The summed E-state index contributed by atoms with van der Waals surface area (Å²) < 4.78 is 0. The molecule has 1 fully saturated rings. The molecule has 1 nitrogen and oxygen atoms in total. The van der Waals surface area contributed by atoms with Gasteiger partial charge in [-0.05, 0) is 24.8 Å². The van der Waals surface area contributed by atoms with E-state index in [1.807, 2.05) is 0 Å². The topological polar surface area (TPSA) is 12.0 Å². The fourth-order valence-corrected chi connectivity index (χ4v) is 1.67. The average Bonchev–Trinajstić information content (AvgIpc) is 2.99. The van der Waals surface area contributed by atoms with Gasteiger partial charge in [0.25, 0.3) is 0 Å². The van der Waals surface area contributed by atoms with Gasteiger partial charge < -0.3 is 5.32 Å². The van der Waals surface area contributed by atoms with Gasteiger partial charge in [-0.25, -0.2) is 0 Å². The van der Waals surface area contributed by atoms with Crippen LogP contribution in [0, 0.1) is 0 Å². The normalized spacial score (nSPS) is 18.5. The van der Waals surface area contributed by atoms with Crippen molar-refractivity contribution in [2.24, 2.45) is 0 Å². The maximum Gasteiger partial charge on any atom is 0.0320 e. The minimum Gasteiger partial charge on any atom is -0.307 e. The molecular formula is C12H17N. The van der Waals surface area contributed by atoms with Crippen LogP contribution in [0.3, 0.4) is 0 Å². The Morgan fingerprint density at radius 3 is 2.54 bits per heavy atom. The van der Waals surface area contributed by atoms with Crippen LogP contribution in [0.5, 0.6) is 0 Å². The van der Waals surface area contributed by atoms with Crippen molar-refractivity contribution in [3.8, 4) is 0 Å². The first-order valence-corrected chi connectivity index (χ1v) is 5.21. The van der Waals surface area contributed by atoms with Crippen molar-refractivity contribution >= 4 is 0 Å². The molecule has 1 heteroatoms. The predicted octanol–water partition coefficient (Wildman–Crippen LogP) is 2.89. The molecule has 1 aliphatic rings. The molecule has 0 amide bonds. The van der Waals surface area contributed by atoms with E-state index in [0.717, 1.165) is 6.04 Å². The molecular weight excluding hydrogens is 158 g/mol. The highest BCUT2D eigenvalue weighted by molar-refractivity contribution is 5.19. The standard InChI is InChI=1S/C12H17N/c1-2-12(13-11-8-9-11)10-6-4-3-5-7-10/h3-7,11-13H,2,8-9H2,1H3.